The number of aliphatic carboxylic acids is 1. The number of nitrogens with two attached hydrogens (primary N) is 1. The van der Waals surface area contributed by atoms with E-state index >= 15 is 0 Å². The largest absolute Gasteiger partial charge is 0.477 e. The van der Waals surface area contributed by atoms with Gasteiger partial charge in [0.25, 0.3) is 5.91 Å². The molecule has 2 aliphatic heterocycles. The molecule has 3 heterocycles. The third-order valence-corrected chi connectivity index (χ3v) is 7.33. The second-order valence-electron chi connectivity index (χ2n) is 7.23. The molecule has 1 aromatic carbocycles. The lowest BCUT2D eigenvalue weighted by molar-refractivity contribution is -0.151. The fraction of sp³-hybridized carbons (Fsp3) is 0.238. The molecule has 5 N–H and O–H groups in total. The van der Waals surface area contributed by atoms with Crippen molar-refractivity contribution in [2.45, 2.75) is 23.9 Å². The summed E-state index contributed by atoms with van der Waals surface area (Å²) in [6, 6.07) is 10.8. The summed E-state index contributed by atoms with van der Waals surface area (Å²) in [6.45, 7) is 0. The Morgan fingerprint density at radius 2 is 1.94 bits per heavy atom. The molecule has 3 amide bonds. The maximum atomic E-state index is 12.7. The van der Waals surface area contributed by atoms with Gasteiger partial charge in [0, 0.05) is 10.6 Å². The lowest BCUT2D eigenvalue weighted by atomic mass is 10.0. The predicted octanol–water partition coefficient (Wildman–Crippen LogP) is 0.803. The molecule has 2 aromatic rings. The van der Waals surface area contributed by atoms with Crippen molar-refractivity contribution in [1.29, 1.82) is 0 Å². The van der Waals surface area contributed by atoms with Gasteiger partial charge >= 0.3 is 5.97 Å². The fourth-order valence-electron chi connectivity index (χ4n) is 3.55. The van der Waals surface area contributed by atoms with Gasteiger partial charge < -0.3 is 21.5 Å². The standard InChI is InChI=1S/C21H20N4O5S2/c22-15(13-7-4-8-31-13)18(27)24-16-19(28)25-17(21(29)30)12(10-32-20(16)25)23-14(26)9-11-5-2-1-3-6-11/h1-8,15-16,20H,9-10,22H2,(H,23,26)(H,24,27)(H,29,30)/t15?,16?,20-/m0/s1. The minimum Gasteiger partial charge on any atom is -0.477 e. The Bertz CT molecular complexity index is 1090. The number of fused-ring (bicyclic) bond motifs is 1. The van der Waals surface area contributed by atoms with Crippen molar-refractivity contribution in [3.05, 3.63) is 69.7 Å². The third kappa shape index (κ3) is 4.27. The molecular formula is C21H20N4O5S2. The molecular weight excluding hydrogens is 452 g/mol. The maximum Gasteiger partial charge on any atom is 0.354 e. The van der Waals surface area contributed by atoms with E-state index in [1.807, 2.05) is 18.2 Å². The van der Waals surface area contributed by atoms with Gasteiger partial charge in [0.05, 0.1) is 12.1 Å². The Hall–Kier alpha value is -3.15. The fourth-order valence-corrected chi connectivity index (χ4v) is 5.56. The zero-order valence-corrected chi connectivity index (χ0v) is 18.3. The van der Waals surface area contributed by atoms with Crippen molar-refractivity contribution in [3.63, 3.8) is 0 Å². The second kappa shape index (κ2) is 9.15. The quantitative estimate of drug-likeness (QED) is 0.437. The van der Waals surface area contributed by atoms with Crippen molar-refractivity contribution in [3.8, 4) is 0 Å². The van der Waals surface area contributed by atoms with Gasteiger partial charge in [-0.25, -0.2) is 4.79 Å². The zero-order valence-electron chi connectivity index (χ0n) is 16.7. The zero-order chi connectivity index (χ0) is 22.8. The molecule has 1 fully saturated rings. The number of benzene rings is 1. The SMILES string of the molecule is NC(C(=O)NC1C(=O)N2C(C(=O)O)=C(NC(=O)Cc3ccccc3)CS[C@@H]12)c1cccs1. The Balaban J connectivity index is 1.45. The first-order valence-corrected chi connectivity index (χ1v) is 11.6. The van der Waals surface area contributed by atoms with E-state index in [4.69, 9.17) is 5.73 Å². The summed E-state index contributed by atoms with van der Waals surface area (Å²) in [5, 5.41) is 16.2. The normalized spacial score (nSPS) is 20.8. The Morgan fingerprint density at radius 1 is 1.19 bits per heavy atom. The van der Waals surface area contributed by atoms with Crippen LogP contribution in [0.25, 0.3) is 0 Å². The van der Waals surface area contributed by atoms with Crippen LogP contribution in [0.15, 0.2) is 59.2 Å². The summed E-state index contributed by atoms with van der Waals surface area (Å²) < 4.78 is 0. The number of carbonyl (C=O) groups is 4. The van der Waals surface area contributed by atoms with E-state index in [-0.39, 0.29) is 29.5 Å². The van der Waals surface area contributed by atoms with Crippen molar-refractivity contribution < 1.29 is 24.3 Å². The molecule has 1 saturated heterocycles. The molecule has 11 heteroatoms. The van der Waals surface area contributed by atoms with Crippen molar-refractivity contribution in [1.82, 2.24) is 15.5 Å². The van der Waals surface area contributed by atoms with Crippen molar-refractivity contribution >= 4 is 46.8 Å². The van der Waals surface area contributed by atoms with Crippen LogP contribution in [-0.4, -0.2) is 50.9 Å². The average molecular weight is 473 g/mol. The molecule has 3 atom stereocenters. The molecule has 4 rings (SSSR count). The van der Waals surface area contributed by atoms with Gasteiger partial charge in [-0.15, -0.1) is 23.1 Å². The highest BCUT2D eigenvalue weighted by molar-refractivity contribution is 8.00. The first-order chi connectivity index (χ1) is 15.4. The molecule has 32 heavy (non-hydrogen) atoms. The summed E-state index contributed by atoms with van der Waals surface area (Å²) in [6.07, 6.45) is 0.0819. The van der Waals surface area contributed by atoms with Gasteiger partial charge in [0.2, 0.25) is 11.8 Å². The number of thiophene rings is 1. The van der Waals surface area contributed by atoms with Crippen LogP contribution in [0.2, 0.25) is 0 Å². The summed E-state index contributed by atoms with van der Waals surface area (Å²) >= 11 is 2.60. The van der Waals surface area contributed by atoms with Crippen molar-refractivity contribution in [2.24, 2.45) is 5.73 Å². The number of carbonyl (C=O) groups excluding carboxylic acids is 3. The summed E-state index contributed by atoms with van der Waals surface area (Å²) in [5.74, 6) is -2.57. The molecule has 2 aliphatic rings. The van der Waals surface area contributed by atoms with E-state index in [0.717, 1.165) is 10.5 Å². The monoisotopic (exact) mass is 472 g/mol. The van der Waals surface area contributed by atoms with Crippen LogP contribution in [0.4, 0.5) is 0 Å². The summed E-state index contributed by atoms with van der Waals surface area (Å²) in [7, 11) is 0. The van der Waals surface area contributed by atoms with Crippen LogP contribution in [0, 0.1) is 0 Å². The number of carboxylic acids is 1. The van der Waals surface area contributed by atoms with Crippen LogP contribution in [0.5, 0.6) is 0 Å². The second-order valence-corrected chi connectivity index (χ2v) is 9.32. The average Bonchev–Trinajstić information content (AvgIpc) is 3.31. The van der Waals surface area contributed by atoms with E-state index in [0.29, 0.717) is 4.88 Å². The Kier molecular flexibility index (Phi) is 6.31. The van der Waals surface area contributed by atoms with Gasteiger partial charge in [-0.1, -0.05) is 36.4 Å². The summed E-state index contributed by atoms with van der Waals surface area (Å²) in [4.78, 5) is 51.3. The lowest BCUT2D eigenvalue weighted by Crippen LogP contribution is -2.71. The Labute approximate surface area is 191 Å². The van der Waals surface area contributed by atoms with Crippen molar-refractivity contribution in [2.75, 3.05) is 5.75 Å². The number of hydrogen-bond acceptors (Lipinski definition) is 7. The first kappa shape index (κ1) is 22.1. The minimum atomic E-state index is -1.32. The molecule has 0 spiro atoms. The van der Waals surface area contributed by atoms with E-state index in [9.17, 15) is 24.3 Å². The number of hydrogen-bond donors (Lipinski definition) is 4. The molecule has 0 radical (unpaired) electrons. The van der Waals surface area contributed by atoms with Gasteiger partial charge in [-0.3, -0.25) is 19.3 Å². The first-order valence-electron chi connectivity index (χ1n) is 9.71. The van der Waals surface area contributed by atoms with Gasteiger partial charge in [0.15, 0.2) is 5.70 Å². The van der Waals surface area contributed by atoms with Crippen LogP contribution in [-0.2, 0) is 25.6 Å². The number of carboxylic acid groups (broad SMARTS) is 1. The van der Waals surface area contributed by atoms with E-state index in [1.54, 1.807) is 29.6 Å². The number of β-lactam (4-membered cyclic amide) rings is 1. The topological polar surface area (TPSA) is 142 Å². The number of nitrogens with one attached hydrogen (secondary N) is 2. The Morgan fingerprint density at radius 3 is 2.59 bits per heavy atom. The molecule has 9 nitrogen and oxygen atoms in total. The smallest absolute Gasteiger partial charge is 0.354 e. The molecule has 1 aromatic heterocycles. The van der Waals surface area contributed by atoms with E-state index in [1.165, 1.54) is 23.1 Å². The molecule has 0 aliphatic carbocycles. The minimum absolute atomic E-state index is 0.0819. The highest BCUT2D eigenvalue weighted by atomic mass is 32.2. The molecule has 0 bridgehead atoms. The number of nitrogens with zero attached hydrogens (tertiary/aromatic N) is 1. The third-order valence-electron chi connectivity index (χ3n) is 5.10. The predicted molar refractivity (Wildman–Crippen MR) is 119 cm³/mol. The molecule has 166 valence electrons. The number of thioether (sulfide) groups is 1. The van der Waals surface area contributed by atoms with E-state index < -0.39 is 35.2 Å². The lowest BCUT2D eigenvalue weighted by Gasteiger charge is -2.49. The van der Waals surface area contributed by atoms with E-state index in [2.05, 4.69) is 10.6 Å². The highest BCUT2D eigenvalue weighted by Crippen LogP contribution is 2.39. The highest BCUT2D eigenvalue weighted by Gasteiger charge is 2.54. The molecule has 0 saturated carbocycles. The van der Waals surface area contributed by atoms with Crippen LogP contribution < -0.4 is 16.4 Å². The van der Waals surface area contributed by atoms with Gasteiger partial charge in [-0.2, -0.15) is 0 Å². The molecule has 2 unspecified atom stereocenters. The summed E-state index contributed by atoms with van der Waals surface area (Å²) in [5.41, 5.74) is 6.63. The number of amides is 3. The van der Waals surface area contributed by atoms with Crippen LogP contribution >= 0.6 is 23.1 Å². The van der Waals surface area contributed by atoms with Gasteiger partial charge in [0.1, 0.15) is 17.5 Å². The van der Waals surface area contributed by atoms with Gasteiger partial charge in [-0.05, 0) is 17.0 Å². The van der Waals surface area contributed by atoms with Crippen LogP contribution in [0.1, 0.15) is 16.5 Å². The van der Waals surface area contributed by atoms with Crippen LogP contribution in [0.3, 0.4) is 0 Å². The number of rotatable bonds is 7. The maximum absolute atomic E-state index is 12.7.